The van der Waals surface area contributed by atoms with Crippen molar-refractivity contribution in [1.82, 2.24) is 4.98 Å². The predicted octanol–water partition coefficient (Wildman–Crippen LogP) is 8.16. The first kappa shape index (κ1) is 32.0. The molecule has 7 rings (SSSR count). The minimum absolute atomic E-state index is 0.111. The van der Waals surface area contributed by atoms with Gasteiger partial charge in [-0.3, -0.25) is 14.5 Å². The Kier molecular flexibility index (Phi) is 8.92. The van der Waals surface area contributed by atoms with Crippen LogP contribution >= 0.6 is 11.8 Å². The van der Waals surface area contributed by atoms with Gasteiger partial charge in [0.25, 0.3) is 5.91 Å². The standard InChI is InChI=1S/C40H28N4O5S/c45-30-21-15-25(16-22-30)23-35-38(47)44(29-11-5-2-6-12-29)40(43-35)50-36(27-9-3-1-4-10-27)37(46)41-28-19-17-26(18-20-28)34-24-32(39(48)49)31-13-7-8-14-33(31)42-34/h1-24,36,45H,(H,41,46)(H,48,49)/b35-23-. The van der Waals surface area contributed by atoms with Crippen LogP contribution in [0.15, 0.2) is 150 Å². The van der Waals surface area contributed by atoms with Gasteiger partial charge in [0.1, 0.15) is 16.7 Å². The molecule has 0 fully saturated rings. The zero-order valence-electron chi connectivity index (χ0n) is 26.3. The molecule has 1 atom stereocenters. The molecule has 2 heterocycles. The van der Waals surface area contributed by atoms with Gasteiger partial charge >= 0.3 is 5.97 Å². The predicted molar refractivity (Wildman–Crippen MR) is 197 cm³/mol. The molecule has 1 unspecified atom stereocenters. The Morgan fingerprint density at radius 1 is 0.800 bits per heavy atom. The van der Waals surface area contributed by atoms with Gasteiger partial charge in [-0.25, -0.2) is 14.8 Å². The van der Waals surface area contributed by atoms with Crippen molar-refractivity contribution in [2.75, 3.05) is 10.2 Å². The second kappa shape index (κ2) is 13.9. The zero-order chi connectivity index (χ0) is 34.6. The number of thioether (sulfide) groups is 1. The van der Waals surface area contributed by atoms with Crippen molar-refractivity contribution in [3.8, 4) is 17.0 Å². The van der Waals surface area contributed by atoms with Crippen molar-refractivity contribution in [2.45, 2.75) is 5.25 Å². The monoisotopic (exact) mass is 676 g/mol. The SMILES string of the molecule is O=C(O)c1cc(-c2ccc(NC(=O)C(SC3=N/C(=C\c4ccc(O)cc4)C(=O)N3c3ccccc3)c3ccccc3)cc2)nc2ccccc12. The molecule has 3 N–H and O–H groups in total. The van der Waals surface area contributed by atoms with E-state index in [0.29, 0.717) is 49.8 Å². The Bertz CT molecular complexity index is 2290. The fourth-order valence-corrected chi connectivity index (χ4v) is 6.66. The third kappa shape index (κ3) is 6.73. The summed E-state index contributed by atoms with van der Waals surface area (Å²) in [5.41, 5.74) is 4.64. The molecule has 0 bridgehead atoms. The van der Waals surface area contributed by atoms with Crippen LogP contribution in [0.1, 0.15) is 26.7 Å². The number of benzene rings is 5. The minimum atomic E-state index is -1.04. The number of phenols is 1. The molecule has 1 aliphatic heterocycles. The van der Waals surface area contributed by atoms with E-state index in [9.17, 15) is 24.6 Å². The van der Waals surface area contributed by atoms with Crippen LogP contribution in [0.2, 0.25) is 0 Å². The largest absolute Gasteiger partial charge is 0.508 e. The number of para-hydroxylation sites is 2. The summed E-state index contributed by atoms with van der Waals surface area (Å²) in [7, 11) is 0. The van der Waals surface area contributed by atoms with E-state index >= 15 is 0 Å². The highest BCUT2D eigenvalue weighted by Gasteiger charge is 2.36. The quantitative estimate of drug-likeness (QED) is 0.139. The number of carboxylic acid groups (broad SMARTS) is 1. The highest BCUT2D eigenvalue weighted by Crippen LogP contribution is 2.38. The topological polar surface area (TPSA) is 132 Å². The number of aromatic nitrogens is 1. The lowest BCUT2D eigenvalue weighted by atomic mass is 10.0. The number of aromatic hydroxyl groups is 1. The van der Waals surface area contributed by atoms with Crippen molar-refractivity contribution in [1.29, 1.82) is 0 Å². The lowest BCUT2D eigenvalue weighted by Crippen LogP contribution is -2.32. The van der Waals surface area contributed by atoms with E-state index in [2.05, 4.69) is 10.3 Å². The molecule has 9 nitrogen and oxygen atoms in total. The number of hydrogen-bond donors (Lipinski definition) is 3. The number of fused-ring (bicyclic) bond motifs is 1. The van der Waals surface area contributed by atoms with Gasteiger partial charge in [0, 0.05) is 16.6 Å². The molecule has 0 aliphatic carbocycles. The highest BCUT2D eigenvalue weighted by atomic mass is 32.2. The number of hydrogen-bond acceptors (Lipinski definition) is 7. The zero-order valence-corrected chi connectivity index (χ0v) is 27.1. The van der Waals surface area contributed by atoms with Crippen LogP contribution in [0.4, 0.5) is 11.4 Å². The maximum absolute atomic E-state index is 14.0. The van der Waals surface area contributed by atoms with Crippen molar-refractivity contribution < 1.29 is 24.6 Å². The van der Waals surface area contributed by atoms with Gasteiger partial charge in [-0.1, -0.05) is 103 Å². The number of aliphatic imine (C=N–C) groups is 1. The van der Waals surface area contributed by atoms with Crippen molar-refractivity contribution >= 4 is 63.1 Å². The Hall–Kier alpha value is -6.52. The van der Waals surface area contributed by atoms with Gasteiger partial charge in [-0.05, 0) is 65.7 Å². The smallest absolute Gasteiger partial charge is 0.336 e. The van der Waals surface area contributed by atoms with Gasteiger partial charge in [0.15, 0.2) is 5.17 Å². The molecule has 1 aromatic heterocycles. The van der Waals surface area contributed by atoms with Crippen LogP contribution in [0.5, 0.6) is 5.75 Å². The van der Waals surface area contributed by atoms with Gasteiger partial charge in [-0.2, -0.15) is 0 Å². The van der Waals surface area contributed by atoms with Gasteiger partial charge in [0.2, 0.25) is 5.91 Å². The molecule has 0 saturated heterocycles. The molecule has 1 aliphatic rings. The number of carbonyl (C=O) groups is 3. The summed E-state index contributed by atoms with van der Waals surface area (Å²) in [6.07, 6.45) is 1.65. The normalized spacial score (nSPS) is 14.1. The molecule has 0 spiro atoms. The van der Waals surface area contributed by atoms with E-state index in [4.69, 9.17) is 4.99 Å². The van der Waals surface area contributed by atoms with E-state index in [1.165, 1.54) is 17.0 Å². The molecule has 10 heteroatoms. The molecule has 6 aromatic rings. The minimum Gasteiger partial charge on any atom is -0.508 e. The van der Waals surface area contributed by atoms with Crippen LogP contribution in [0.25, 0.3) is 28.2 Å². The Morgan fingerprint density at radius 2 is 1.46 bits per heavy atom. The van der Waals surface area contributed by atoms with E-state index in [-0.39, 0.29) is 28.8 Å². The number of rotatable bonds is 8. The summed E-state index contributed by atoms with van der Waals surface area (Å²) < 4.78 is 0. The van der Waals surface area contributed by atoms with Crippen molar-refractivity contribution in [3.63, 3.8) is 0 Å². The number of phenolic OH excluding ortho intramolecular Hbond substituents is 1. The van der Waals surface area contributed by atoms with Crippen molar-refractivity contribution in [2.24, 2.45) is 4.99 Å². The van der Waals surface area contributed by atoms with Crippen LogP contribution in [-0.4, -0.2) is 38.1 Å². The van der Waals surface area contributed by atoms with Crippen LogP contribution in [0, 0.1) is 0 Å². The average molecular weight is 677 g/mol. The number of pyridine rings is 1. The van der Waals surface area contributed by atoms with E-state index in [1.54, 1.807) is 78.9 Å². The van der Waals surface area contributed by atoms with Crippen LogP contribution < -0.4 is 10.2 Å². The maximum Gasteiger partial charge on any atom is 0.336 e. The molecule has 0 radical (unpaired) electrons. The van der Waals surface area contributed by atoms with Gasteiger partial charge in [0.05, 0.1) is 22.5 Å². The lowest BCUT2D eigenvalue weighted by molar-refractivity contribution is -0.116. The summed E-state index contributed by atoms with van der Waals surface area (Å²) in [6.45, 7) is 0. The number of nitrogens with zero attached hydrogens (tertiary/aromatic N) is 3. The fraction of sp³-hybridized carbons (Fsp3) is 0.0250. The summed E-state index contributed by atoms with van der Waals surface area (Å²) in [6, 6.07) is 40.5. The van der Waals surface area contributed by atoms with Gasteiger partial charge < -0.3 is 15.5 Å². The lowest BCUT2D eigenvalue weighted by Gasteiger charge is -2.22. The molecular formula is C40H28N4O5S. The van der Waals surface area contributed by atoms with E-state index in [0.717, 1.165) is 11.8 Å². The third-order valence-electron chi connectivity index (χ3n) is 8.00. The van der Waals surface area contributed by atoms with E-state index in [1.807, 2.05) is 54.6 Å². The first-order valence-electron chi connectivity index (χ1n) is 15.6. The molecule has 2 amide bonds. The summed E-state index contributed by atoms with van der Waals surface area (Å²) >= 11 is 1.16. The molecule has 5 aromatic carbocycles. The average Bonchev–Trinajstić information content (AvgIpc) is 3.45. The molecular weight excluding hydrogens is 649 g/mol. The van der Waals surface area contributed by atoms with Gasteiger partial charge in [-0.15, -0.1) is 0 Å². The number of carbonyl (C=O) groups excluding carboxylic acids is 2. The van der Waals surface area contributed by atoms with Crippen molar-refractivity contribution in [3.05, 3.63) is 162 Å². The van der Waals surface area contributed by atoms with Crippen LogP contribution in [-0.2, 0) is 9.59 Å². The fourth-order valence-electron chi connectivity index (χ4n) is 5.55. The maximum atomic E-state index is 14.0. The second-order valence-corrected chi connectivity index (χ2v) is 12.4. The number of amides is 2. The molecule has 0 saturated carbocycles. The summed E-state index contributed by atoms with van der Waals surface area (Å²) in [5, 5.41) is 22.6. The number of aromatic carboxylic acids is 1. The summed E-state index contributed by atoms with van der Waals surface area (Å²) in [5.74, 6) is -1.60. The highest BCUT2D eigenvalue weighted by molar-refractivity contribution is 8.15. The Labute approximate surface area is 291 Å². The number of carboxylic acids is 1. The molecule has 50 heavy (non-hydrogen) atoms. The third-order valence-corrected chi connectivity index (χ3v) is 9.21. The first-order chi connectivity index (χ1) is 24.3. The Balaban J connectivity index is 1.19. The number of nitrogens with one attached hydrogen (secondary N) is 1. The molecule has 244 valence electrons. The summed E-state index contributed by atoms with van der Waals surface area (Å²) in [4.78, 5) is 50.7. The van der Waals surface area contributed by atoms with E-state index < -0.39 is 11.2 Å². The first-order valence-corrected chi connectivity index (χ1v) is 16.5. The Morgan fingerprint density at radius 3 is 2.16 bits per heavy atom. The second-order valence-electron chi connectivity index (χ2n) is 11.3. The number of amidine groups is 1. The van der Waals surface area contributed by atoms with Crippen LogP contribution in [0.3, 0.4) is 0 Å². The number of anilines is 2.